The molecule has 0 saturated heterocycles. The highest BCUT2D eigenvalue weighted by molar-refractivity contribution is 5.93. The first-order valence-electron chi connectivity index (χ1n) is 9.65. The summed E-state index contributed by atoms with van der Waals surface area (Å²) < 4.78 is 5.04. The number of fused-ring (bicyclic) bond motifs is 1. The van der Waals surface area contributed by atoms with Crippen LogP contribution in [0.2, 0.25) is 0 Å². The number of rotatable bonds is 6. The zero-order chi connectivity index (χ0) is 20.9. The second-order valence-electron chi connectivity index (χ2n) is 7.02. The summed E-state index contributed by atoms with van der Waals surface area (Å²) in [7, 11) is 1.49. The van der Waals surface area contributed by atoms with Crippen LogP contribution < -0.4 is 15.5 Å². The van der Waals surface area contributed by atoms with Crippen LogP contribution in [0.1, 0.15) is 11.1 Å². The van der Waals surface area contributed by atoms with E-state index in [4.69, 9.17) is 4.74 Å². The highest BCUT2D eigenvalue weighted by Gasteiger charge is 2.31. The van der Waals surface area contributed by atoms with Gasteiger partial charge in [-0.2, -0.15) is 0 Å². The maximum Gasteiger partial charge on any atom is 0.248 e. The van der Waals surface area contributed by atoms with E-state index in [9.17, 15) is 9.90 Å². The van der Waals surface area contributed by atoms with Crippen molar-refractivity contribution in [1.29, 1.82) is 0 Å². The normalized spacial score (nSPS) is 17.8. The number of methoxy groups -OCH3 is 1. The Morgan fingerprint density at radius 2 is 2.10 bits per heavy atom. The molecule has 152 valence electrons. The van der Waals surface area contributed by atoms with Crippen molar-refractivity contribution in [3.63, 3.8) is 0 Å². The second-order valence-corrected chi connectivity index (χ2v) is 7.02. The molecule has 0 bridgehead atoms. The maximum absolute atomic E-state index is 12.5. The van der Waals surface area contributed by atoms with Gasteiger partial charge in [-0.3, -0.25) is 4.79 Å². The van der Waals surface area contributed by atoms with E-state index in [-0.39, 0.29) is 17.7 Å². The van der Waals surface area contributed by atoms with E-state index in [1.807, 2.05) is 42.6 Å². The van der Waals surface area contributed by atoms with E-state index in [2.05, 4.69) is 27.9 Å². The van der Waals surface area contributed by atoms with E-state index in [0.717, 1.165) is 11.3 Å². The number of hydrogen-bond donors (Lipinski definition) is 3. The van der Waals surface area contributed by atoms with Gasteiger partial charge in [0.2, 0.25) is 5.91 Å². The summed E-state index contributed by atoms with van der Waals surface area (Å²) in [6.45, 7) is 0.702. The third-order valence-electron chi connectivity index (χ3n) is 4.98. The Hall–Kier alpha value is -3.77. The average molecular weight is 401 g/mol. The van der Waals surface area contributed by atoms with Crippen molar-refractivity contribution in [2.75, 3.05) is 7.11 Å². The molecule has 1 aliphatic heterocycles. The topological polar surface area (TPSA) is 73.8 Å². The van der Waals surface area contributed by atoms with Crippen molar-refractivity contribution in [2.24, 2.45) is 0 Å². The minimum Gasteiger partial charge on any atom is -0.504 e. The van der Waals surface area contributed by atoms with Crippen LogP contribution >= 0.6 is 0 Å². The zero-order valence-electron chi connectivity index (χ0n) is 16.6. The quantitative estimate of drug-likeness (QED) is 0.648. The van der Waals surface area contributed by atoms with Crippen molar-refractivity contribution in [1.82, 2.24) is 15.8 Å². The molecule has 2 aromatic rings. The zero-order valence-corrected chi connectivity index (χ0v) is 16.6. The Morgan fingerprint density at radius 1 is 1.27 bits per heavy atom. The highest BCUT2D eigenvalue weighted by Crippen LogP contribution is 2.28. The summed E-state index contributed by atoms with van der Waals surface area (Å²) in [5.41, 5.74) is 7.07. The third-order valence-corrected chi connectivity index (χ3v) is 4.98. The van der Waals surface area contributed by atoms with Gasteiger partial charge in [-0.1, -0.05) is 48.6 Å². The van der Waals surface area contributed by atoms with Crippen LogP contribution in [0.25, 0.3) is 6.08 Å². The van der Waals surface area contributed by atoms with Crippen molar-refractivity contribution >= 4 is 12.0 Å². The molecule has 0 spiro atoms. The average Bonchev–Trinajstić information content (AvgIpc) is 3.17. The van der Waals surface area contributed by atoms with Gasteiger partial charge in [0.05, 0.1) is 13.2 Å². The lowest BCUT2D eigenvalue weighted by Crippen LogP contribution is -2.43. The van der Waals surface area contributed by atoms with E-state index in [0.29, 0.717) is 17.9 Å². The first-order valence-corrected chi connectivity index (χ1v) is 9.65. The molecule has 0 fully saturated rings. The smallest absolute Gasteiger partial charge is 0.248 e. The molecule has 0 aromatic heterocycles. The lowest BCUT2D eigenvalue weighted by molar-refractivity contribution is -0.115. The van der Waals surface area contributed by atoms with Gasteiger partial charge in [0.1, 0.15) is 0 Å². The lowest BCUT2D eigenvalue weighted by Gasteiger charge is -2.29. The molecule has 1 heterocycles. The summed E-state index contributed by atoms with van der Waals surface area (Å²) in [6.07, 6.45) is 10.9. The van der Waals surface area contributed by atoms with Crippen LogP contribution in [0, 0.1) is 0 Å². The van der Waals surface area contributed by atoms with Crippen LogP contribution in [0.15, 0.2) is 90.3 Å². The predicted molar refractivity (Wildman–Crippen MR) is 116 cm³/mol. The molecule has 1 atom stereocenters. The standard InChI is InChI=1S/C24H23N3O3/c1-30-22-12-10-17(14-21(22)28)11-13-23(29)26-20-9-5-8-19-15-25-27(24(19)20)16-18-6-3-2-4-7-18/h2-15,24-25,28H,16H2,1H3,(H,26,29)/b13-11+. The number of hydrazine groups is 1. The van der Waals surface area contributed by atoms with Crippen molar-refractivity contribution in [2.45, 2.75) is 12.6 Å². The van der Waals surface area contributed by atoms with Crippen LogP contribution in [0.5, 0.6) is 11.5 Å². The summed E-state index contributed by atoms with van der Waals surface area (Å²) in [6, 6.07) is 15.1. The highest BCUT2D eigenvalue weighted by atomic mass is 16.5. The predicted octanol–water partition coefficient (Wildman–Crippen LogP) is 3.26. The molecule has 2 aliphatic rings. The largest absolute Gasteiger partial charge is 0.504 e. The fraction of sp³-hybridized carbons (Fsp3) is 0.125. The number of aromatic hydroxyl groups is 1. The van der Waals surface area contributed by atoms with Gasteiger partial charge in [-0.05, 0) is 41.0 Å². The molecule has 0 saturated carbocycles. The molecule has 2 aromatic carbocycles. The van der Waals surface area contributed by atoms with Crippen LogP contribution in [-0.4, -0.2) is 29.2 Å². The summed E-state index contributed by atoms with van der Waals surface area (Å²) in [5, 5.41) is 15.0. The molecule has 1 unspecified atom stereocenters. The molecule has 6 nitrogen and oxygen atoms in total. The maximum atomic E-state index is 12.5. The minimum absolute atomic E-state index is 0.0311. The Balaban J connectivity index is 1.44. The van der Waals surface area contributed by atoms with Crippen LogP contribution in [-0.2, 0) is 11.3 Å². The Kier molecular flexibility index (Phi) is 5.68. The van der Waals surface area contributed by atoms with Crippen molar-refractivity contribution in [3.8, 4) is 11.5 Å². The fourth-order valence-corrected chi connectivity index (χ4v) is 3.53. The fourth-order valence-electron chi connectivity index (χ4n) is 3.53. The number of carbonyl (C=O) groups is 1. The van der Waals surface area contributed by atoms with Gasteiger partial charge in [0.15, 0.2) is 11.5 Å². The van der Waals surface area contributed by atoms with Gasteiger partial charge < -0.3 is 20.6 Å². The number of nitrogens with one attached hydrogen (secondary N) is 2. The lowest BCUT2D eigenvalue weighted by atomic mass is 9.99. The van der Waals surface area contributed by atoms with Crippen LogP contribution in [0.3, 0.4) is 0 Å². The first kappa shape index (κ1) is 19.5. The monoisotopic (exact) mass is 401 g/mol. The molecule has 6 heteroatoms. The number of phenols is 1. The van der Waals surface area contributed by atoms with E-state index >= 15 is 0 Å². The Labute approximate surface area is 175 Å². The third kappa shape index (κ3) is 4.29. The number of benzene rings is 2. The van der Waals surface area contributed by atoms with Gasteiger partial charge in [-0.25, -0.2) is 5.01 Å². The number of amides is 1. The van der Waals surface area contributed by atoms with Gasteiger partial charge in [0, 0.05) is 24.5 Å². The molecule has 3 N–H and O–H groups in total. The minimum atomic E-state index is -0.238. The first-order chi connectivity index (χ1) is 14.6. The van der Waals surface area contributed by atoms with Crippen molar-refractivity contribution < 1.29 is 14.6 Å². The summed E-state index contributed by atoms with van der Waals surface area (Å²) in [5.74, 6) is 0.184. The Bertz CT molecular complexity index is 1050. The molecular formula is C24H23N3O3. The number of nitrogens with zero attached hydrogens (tertiary/aromatic N) is 1. The van der Waals surface area contributed by atoms with Crippen molar-refractivity contribution in [3.05, 3.63) is 101 Å². The molecular weight excluding hydrogens is 378 g/mol. The number of phenolic OH excluding ortho intramolecular Hbond substituents is 1. The van der Waals surface area contributed by atoms with E-state index < -0.39 is 0 Å². The number of carbonyl (C=O) groups excluding carboxylic acids is 1. The number of hydrogen-bond acceptors (Lipinski definition) is 5. The number of allylic oxidation sites excluding steroid dienone is 2. The number of ether oxygens (including phenoxy) is 1. The molecule has 30 heavy (non-hydrogen) atoms. The van der Waals surface area contributed by atoms with E-state index in [1.54, 1.807) is 24.3 Å². The molecule has 1 aliphatic carbocycles. The van der Waals surface area contributed by atoms with Gasteiger partial charge in [-0.15, -0.1) is 0 Å². The van der Waals surface area contributed by atoms with E-state index in [1.165, 1.54) is 18.7 Å². The summed E-state index contributed by atoms with van der Waals surface area (Å²) in [4.78, 5) is 12.5. The molecule has 1 amide bonds. The molecule has 4 rings (SSSR count). The van der Waals surface area contributed by atoms with Crippen LogP contribution in [0.4, 0.5) is 0 Å². The Morgan fingerprint density at radius 3 is 2.87 bits per heavy atom. The van der Waals surface area contributed by atoms with Gasteiger partial charge in [0.25, 0.3) is 0 Å². The SMILES string of the molecule is COc1ccc(/C=C/C(=O)NC2=CC=CC3=CNN(Cc4ccccc4)C32)cc1O. The van der Waals surface area contributed by atoms with Gasteiger partial charge >= 0.3 is 0 Å². The summed E-state index contributed by atoms with van der Waals surface area (Å²) >= 11 is 0. The molecule has 0 radical (unpaired) electrons. The second kappa shape index (κ2) is 8.71.